The summed E-state index contributed by atoms with van der Waals surface area (Å²) in [5, 5.41) is 5.69. The van der Waals surface area contributed by atoms with E-state index in [-0.39, 0.29) is 11.9 Å². The molecular formula is C14H17N5OS. The van der Waals surface area contributed by atoms with Crippen LogP contribution in [0.5, 0.6) is 0 Å². The topological polar surface area (TPSA) is 71.0 Å². The first-order valence-electron chi connectivity index (χ1n) is 6.97. The Balaban J connectivity index is 1.78. The van der Waals surface area contributed by atoms with Crippen molar-refractivity contribution in [3.63, 3.8) is 0 Å². The lowest BCUT2D eigenvalue weighted by molar-refractivity contribution is 0.0732. The monoisotopic (exact) mass is 303 g/mol. The van der Waals surface area contributed by atoms with Crippen LogP contribution in [0, 0.1) is 0 Å². The molecule has 7 heteroatoms. The third-order valence-corrected chi connectivity index (χ3v) is 4.45. The van der Waals surface area contributed by atoms with Crippen LogP contribution in [0.1, 0.15) is 23.3 Å². The van der Waals surface area contributed by atoms with Gasteiger partial charge in [0.1, 0.15) is 16.4 Å². The Morgan fingerprint density at radius 1 is 1.52 bits per heavy atom. The minimum Gasteiger partial charge on any atom is -0.333 e. The second-order valence-corrected chi connectivity index (χ2v) is 5.84. The van der Waals surface area contributed by atoms with Crippen LogP contribution in [-0.2, 0) is 0 Å². The SMILES string of the molecule is CNCC1CCCN1C(=O)c1csc(-c2cnccn2)n1. The molecule has 1 aliphatic heterocycles. The van der Waals surface area contributed by atoms with Crippen molar-refractivity contribution in [1.29, 1.82) is 0 Å². The molecule has 2 aromatic rings. The van der Waals surface area contributed by atoms with Crippen LogP contribution in [0.15, 0.2) is 24.0 Å². The molecule has 1 amide bonds. The van der Waals surface area contributed by atoms with Gasteiger partial charge in [0.2, 0.25) is 0 Å². The Hall–Kier alpha value is -1.86. The second-order valence-electron chi connectivity index (χ2n) is 4.98. The third-order valence-electron chi connectivity index (χ3n) is 3.58. The van der Waals surface area contributed by atoms with Gasteiger partial charge in [-0.15, -0.1) is 11.3 Å². The molecule has 3 rings (SSSR count). The zero-order chi connectivity index (χ0) is 14.7. The van der Waals surface area contributed by atoms with E-state index in [1.54, 1.807) is 24.0 Å². The van der Waals surface area contributed by atoms with Crippen LogP contribution < -0.4 is 5.32 Å². The summed E-state index contributed by atoms with van der Waals surface area (Å²) in [5.41, 5.74) is 1.21. The van der Waals surface area contributed by atoms with Crippen molar-refractivity contribution in [2.24, 2.45) is 0 Å². The molecule has 21 heavy (non-hydrogen) atoms. The summed E-state index contributed by atoms with van der Waals surface area (Å²) in [6.45, 7) is 1.63. The number of likely N-dealkylation sites (tertiary alicyclic amines) is 1. The lowest BCUT2D eigenvalue weighted by atomic mass is 10.2. The molecule has 1 unspecified atom stereocenters. The smallest absolute Gasteiger partial charge is 0.273 e. The highest BCUT2D eigenvalue weighted by Gasteiger charge is 2.30. The van der Waals surface area contributed by atoms with Crippen LogP contribution in [0.2, 0.25) is 0 Å². The van der Waals surface area contributed by atoms with E-state index in [1.165, 1.54) is 11.3 Å². The lowest BCUT2D eigenvalue weighted by Crippen LogP contribution is -2.40. The molecule has 0 radical (unpaired) electrons. The summed E-state index contributed by atoms with van der Waals surface area (Å²) in [6.07, 6.45) is 7.01. The number of carbonyl (C=O) groups excluding carboxylic acids is 1. The molecule has 1 saturated heterocycles. The largest absolute Gasteiger partial charge is 0.333 e. The first kappa shape index (κ1) is 14.1. The maximum atomic E-state index is 12.6. The predicted octanol–water partition coefficient (Wildman–Crippen LogP) is 1.42. The first-order valence-corrected chi connectivity index (χ1v) is 7.85. The van der Waals surface area contributed by atoms with E-state index in [9.17, 15) is 4.79 Å². The molecule has 1 fully saturated rings. The fraction of sp³-hybridized carbons (Fsp3) is 0.429. The maximum Gasteiger partial charge on any atom is 0.273 e. The summed E-state index contributed by atoms with van der Waals surface area (Å²) >= 11 is 1.43. The fourth-order valence-electron chi connectivity index (χ4n) is 2.60. The minimum absolute atomic E-state index is 0.0131. The van der Waals surface area contributed by atoms with Crippen molar-refractivity contribution < 1.29 is 4.79 Å². The molecule has 0 aliphatic carbocycles. The third kappa shape index (κ3) is 2.93. The summed E-state index contributed by atoms with van der Waals surface area (Å²) in [6, 6.07) is 0.268. The van der Waals surface area contributed by atoms with Gasteiger partial charge in [-0.3, -0.25) is 14.8 Å². The maximum absolute atomic E-state index is 12.6. The van der Waals surface area contributed by atoms with Crippen molar-refractivity contribution in [3.8, 4) is 10.7 Å². The summed E-state index contributed by atoms with van der Waals surface area (Å²) in [4.78, 5) is 27.2. The van der Waals surface area contributed by atoms with Crippen molar-refractivity contribution in [2.75, 3.05) is 20.1 Å². The van der Waals surface area contributed by atoms with Gasteiger partial charge in [-0.25, -0.2) is 4.98 Å². The highest BCUT2D eigenvalue weighted by molar-refractivity contribution is 7.13. The lowest BCUT2D eigenvalue weighted by Gasteiger charge is -2.23. The Kier molecular flexibility index (Phi) is 4.21. The van der Waals surface area contributed by atoms with Crippen molar-refractivity contribution in [1.82, 2.24) is 25.2 Å². The summed E-state index contributed by atoms with van der Waals surface area (Å²) in [7, 11) is 1.91. The van der Waals surface area contributed by atoms with E-state index in [0.29, 0.717) is 11.4 Å². The zero-order valence-corrected chi connectivity index (χ0v) is 12.6. The number of hydrogen-bond acceptors (Lipinski definition) is 6. The number of nitrogens with zero attached hydrogens (tertiary/aromatic N) is 4. The van der Waals surface area contributed by atoms with E-state index >= 15 is 0 Å². The van der Waals surface area contributed by atoms with Gasteiger partial charge in [-0.2, -0.15) is 0 Å². The Morgan fingerprint density at radius 3 is 3.19 bits per heavy atom. The highest BCUT2D eigenvalue weighted by atomic mass is 32.1. The highest BCUT2D eigenvalue weighted by Crippen LogP contribution is 2.24. The quantitative estimate of drug-likeness (QED) is 0.925. The Labute approximate surface area is 127 Å². The number of hydrogen-bond donors (Lipinski definition) is 1. The molecule has 2 aromatic heterocycles. The number of thiazole rings is 1. The summed E-state index contributed by atoms with van der Waals surface area (Å²) < 4.78 is 0. The average molecular weight is 303 g/mol. The molecule has 1 N–H and O–H groups in total. The van der Waals surface area contributed by atoms with E-state index in [1.807, 2.05) is 11.9 Å². The van der Waals surface area contributed by atoms with Crippen molar-refractivity contribution >= 4 is 17.2 Å². The second kappa shape index (κ2) is 6.28. The molecule has 0 bridgehead atoms. The van der Waals surface area contributed by atoms with Crippen LogP contribution in [0.25, 0.3) is 10.7 Å². The van der Waals surface area contributed by atoms with Gasteiger partial charge in [-0.05, 0) is 19.9 Å². The van der Waals surface area contributed by atoms with Gasteiger partial charge < -0.3 is 10.2 Å². The normalized spacial score (nSPS) is 18.1. The standard InChI is InChI=1S/C14H17N5OS/c1-15-7-10-3-2-6-19(10)14(20)12-9-21-13(18-12)11-8-16-4-5-17-11/h4-5,8-10,15H,2-3,6-7H2,1H3. The summed E-state index contributed by atoms with van der Waals surface area (Å²) in [5.74, 6) is 0.0131. The molecule has 6 nitrogen and oxygen atoms in total. The Morgan fingerprint density at radius 2 is 2.43 bits per heavy atom. The van der Waals surface area contributed by atoms with Crippen LogP contribution in [0.4, 0.5) is 0 Å². The number of likely N-dealkylation sites (N-methyl/N-ethyl adjacent to an activating group) is 1. The van der Waals surface area contributed by atoms with Crippen molar-refractivity contribution in [3.05, 3.63) is 29.7 Å². The van der Waals surface area contributed by atoms with Gasteiger partial charge in [0, 0.05) is 36.9 Å². The van der Waals surface area contributed by atoms with E-state index in [0.717, 1.165) is 30.9 Å². The van der Waals surface area contributed by atoms with Crippen LogP contribution in [-0.4, -0.2) is 51.9 Å². The van der Waals surface area contributed by atoms with E-state index < -0.39 is 0 Å². The molecule has 0 aromatic carbocycles. The average Bonchev–Trinajstić information content (AvgIpc) is 3.17. The number of nitrogens with one attached hydrogen (secondary N) is 1. The molecule has 1 aliphatic rings. The molecule has 1 atom stereocenters. The fourth-order valence-corrected chi connectivity index (χ4v) is 3.35. The van der Waals surface area contributed by atoms with Crippen LogP contribution >= 0.6 is 11.3 Å². The number of carbonyl (C=O) groups is 1. The van der Waals surface area contributed by atoms with Crippen LogP contribution in [0.3, 0.4) is 0 Å². The van der Waals surface area contributed by atoms with Gasteiger partial charge in [0.05, 0.1) is 6.20 Å². The van der Waals surface area contributed by atoms with Gasteiger partial charge >= 0.3 is 0 Å². The van der Waals surface area contributed by atoms with Gasteiger partial charge in [-0.1, -0.05) is 0 Å². The van der Waals surface area contributed by atoms with Crippen molar-refractivity contribution in [2.45, 2.75) is 18.9 Å². The Bertz CT molecular complexity index is 615. The molecule has 0 spiro atoms. The number of aromatic nitrogens is 3. The first-order chi connectivity index (χ1) is 10.3. The molecule has 3 heterocycles. The van der Waals surface area contributed by atoms with E-state index in [2.05, 4.69) is 20.3 Å². The van der Waals surface area contributed by atoms with Gasteiger partial charge in [0.15, 0.2) is 0 Å². The molecular weight excluding hydrogens is 286 g/mol. The zero-order valence-electron chi connectivity index (χ0n) is 11.8. The molecule has 0 saturated carbocycles. The van der Waals surface area contributed by atoms with Gasteiger partial charge in [0.25, 0.3) is 5.91 Å². The predicted molar refractivity (Wildman–Crippen MR) is 81.1 cm³/mol. The molecule has 110 valence electrons. The minimum atomic E-state index is 0.0131. The number of amides is 1. The number of rotatable bonds is 4. The van der Waals surface area contributed by atoms with E-state index in [4.69, 9.17) is 0 Å².